The molecule has 0 aliphatic rings. The molecule has 0 saturated carbocycles. The van der Waals surface area contributed by atoms with Crippen LogP contribution < -0.4 is 0 Å². The number of hydrogen-bond donors (Lipinski definition) is 0. The molecular formula is C11H16O2. The highest BCUT2D eigenvalue weighted by Gasteiger charge is 2.10. The number of carbonyl (C=O) groups excluding carboxylic acids is 1. The first-order chi connectivity index (χ1) is 6.13. The second kappa shape index (κ2) is 6.23. The largest absolute Gasteiger partial charge is 0.455 e. The molecule has 0 rings (SSSR count). The molecule has 0 aliphatic carbocycles. The van der Waals surface area contributed by atoms with Gasteiger partial charge in [-0.15, -0.1) is 6.58 Å². The molecule has 0 aliphatic heterocycles. The van der Waals surface area contributed by atoms with Crippen LogP contribution in [0, 0.1) is 5.92 Å². The van der Waals surface area contributed by atoms with Crippen LogP contribution in [0.1, 0.15) is 13.3 Å². The Balaban J connectivity index is 4.02. The van der Waals surface area contributed by atoms with Crippen LogP contribution in [-0.2, 0) is 9.53 Å². The first-order valence-corrected chi connectivity index (χ1v) is 4.22. The molecule has 2 nitrogen and oxygen atoms in total. The molecular weight excluding hydrogens is 164 g/mol. The fraction of sp³-hybridized carbons (Fsp3) is 0.364. The first kappa shape index (κ1) is 11.7. The third-order valence-corrected chi connectivity index (χ3v) is 1.70. The number of rotatable bonds is 6. The van der Waals surface area contributed by atoms with Gasteiger partial charge in [0.05, 0.1) is 0 Å². The Labute approximate surface area is 79.6 Å². The van der Waals surface area contributed by atoms with Crippen molar-refractivity contribution in [2.45, 2.75) is 19.4 Å². The van der Waals surface area contributed by atoms with E-state index in [-0.39, 0.29) is 6.10 Å². The number of hydrogen-bond acceptors (Lipinski definition) is 2. The van der Waals surface area contributed by atoms with Crippen molar-refractivity contribution in [2.75, 3.05) is 0 Å². The maximum absolute atomic E-state index is 10.8. The minimum absolute atomic E-state index is 0.251. The van der Waals surface area contributed by atoms with E-state index in [1.165, 1.54) is 0 Å². The minimum Gasteiger partial charge on any atom is -0.455 e. The summed E-state index contributed by atoms with van der Waals surface area (Å²) in [6.07, 6.45) is 5.04. The van der Waals surface area contributed by atoms with Crippen LogP contribution in [0.3, 0.4) is 0 Å². The van der Waals surface area contributed by atoms with E-state index in [0.717, 1.165) is 6.08 Å². The smallest absolute Gasteiger partial charge is 0.330 e. The zero-order valence-electron chi connectivity index (χ0n) is 8.03. The molecule has 2 atom stereocenters. The lowest BCUT2D eigenvalue weighted by atomic mass is 10.0. The molecule has 0 amide bonds. The summed E-state index contributed by atoms with van der Waals surface area (Å²) in [4.78, 5) is 10.8. The average Bonchev–Trinajstić information content (AvgIpc) is 2.16. The summed E-state index contributed by atoms with van der Waals surface area (Å²) in [6, 6.07) is 0. The fourth-order valence-corrected chi connectivity index (χ4v) is 0.852. The molecule has 0 radical (unpaired) electrons. The van der Waals surface area contributed by atoms with E-state index in [4.69, 9.17) is 4.74 Å². The van der Waals surface area contributed by atoms with E-state index in [1.807, 2.05) is 13.0 Å². The van der Waals surface area contributed by atoms with Gasteiger partial charge in [0.1, 0.15) is 6.10 Å². The van der Waals surface area contributed by atoms with Crippen molar-refractivity contribution in [1.29, 1.82) is 0 Å². The Morgan fingerprint density at radius 3 is 2.38 bits per heavy atom. The van der Waals surface area contributed by atoms with Gasteiger partial charge in [0.15, 0.2) is 0 Å². The molecule has 0 heterocycles. The predicted molar refractivity (Wildman–Crippen MR) is 54.3 cm³/mol. The van der Waals surface area contributed by atoms with Crippen LogP contribution in [-0.4, -0.2) is 12.1 Å². The summed E-state index contributed by atoms with van der Waals surface area (Å²) in [5.74, 6) is -0.109. The topological polar surface area (TPSA) is 26.3 Å². The fourth-order valence-electron chi connectivity index (χ4n) is 0.852. The highest BCUT2D eigenvalue weighted by atomic mass is 16.5. The third kappa shape index (κ3) is 5.01. The van der Waals surface area contributed by atoms with Crippen LogP contribution in [0.2, 0.25) is 0 Å². The molecule has 13 heavy (non-hydrogen) atoms. The third-order valence-electron chi connectivity index (χ3n) is 1.70. The molecule has 2 heteroatoms. The Bertz CT molecular complexity index is 206. The lowest BCUT2D eigenvalue weighted by Gasteiger charge is -2.14. The second-order valence-corrected chi connectivity index (χ2v) is 2.86. The van der Waals surface area contributed by atoms with Crippen molar-refractivity contribution in [1.82, 2.24) is 0 Å². The standard InChI is InChI=1S/C11H16O2/c1-5-9(4)8-10(6-2)13-11(12)7-3/h5-7,9-10H,1-3,8H2,4H3. The zero-order valence-corrected chi connectivity index (χ0v) is 8.03. The number of carbonyl (C=O) groups is 1. The van der Waals surface area contributed by atoms with Crippen molar-refractivity contribution < 1.29 is 9.53 Å². The quantitative estimate of drug-likeness (QED) is 0.356. The molecule has 72 valence electrons. The normalized spacial score (nSPS) is 13.9. The van der Waals surface area contributed by atoms with Gasteiger partial charge in [-0.3, -0.25) is 0 Å². The van der Waals surface area contributed by atoms with Gasteiger partial charge in [0.25, 0.3) is 0 Å². The summed E-state index contributed by atoms with van der Waals surface area (Å²) in [6.45, 7) is 12.6. The number of allylic oxidation sites excluding steroid dienone is 1. The monoisotopic (exact) mass is 180 g/mol. The summed E-state index contributed by atoms with van der Waals surface area (Å²) >= 11 is 0. The summed E-state index contributed by atoms with van der Waals surface area (Å²) < 4.78 is 5.00. The van der Waals surface area contributed by atoms with Crippen LogP contribution in [0.15, 0.2) is 38.0 Å². The average molecular weight is 180 g/mol. The maximum Gasteiger partial charge on any atom is 0.330 e. The molecule has 0 aromatic carbocycles. The van der Waals surface area contributed by atoms with Gasteiger partial charge in [0.2, 0.25) is 0 Å². The SMILES string of the molecule is C=CC(=O)OC(C=C)CC(C)C=C. The highest BCUT2D eigenvalue weighted by molar-refractivity contribution is 5.81. The van der Waals surface area contributed by atoms with E-state index in [1.54, 1.807) is 6.08 Å². The van der Waals surface area contributed by atoms with Gasteiger partial charge in [0, 0.05) is 6.08 Å². The summed E-state index contributed by atoms with van der Waals surface area (Å²) in [7, 11) is 0. The highest BCUT2D eigenvalue weighted by Crippen LogP contribution is 2.10. The van der Waals surface area contributed by atoms with E-state index >= 15 is 0 Å². The Kier molecular flexibility index (Phi) is 5.60. The van der Waals surface area contributed by atoms with Crippen LogP contribution >= 0.6 is 0 Å². The van der Waals surface area contributed by atoms with Crippen LogP contribution in [0.5, 0.6) is 0 Å². The molecule has 2 unspecified atom stereocenters. The zero-order chi connectivity index (χ0) is 10.3. The van der Waals surface area contributed by atoms with Gasteiger partial charge >= 0.3 is 5.97 Å². The minimum atomic E-state index is -0.416. The van der Waals surface area contributed by atoms with Gasteiger partial charge < -0.3 is 4.74 Å². The van der Waals surface area contributed by atoms with E-state index in [0.29, 0.717) is 12.3 Å². The molecule has 0 aromatic rings. The van der Waals surface area contributed by atoms with Crippen molar-refractivity contribution in [3.63, 3.8) is 0 Å². The lowest BCUT2D eigenvalue weighted by Crippen LogP contribution is -2.16. The van der Waals surface area contributed by atoms with Crippen molar-refractivity contribution in [2.24, 2.45) is 5.92 Å². The van der Waals surface area contributed by atoms with E-state index in [2.05, 4.69) is 19.7 Å². The van der Waals surface area contributed by atoms with E-state index < -0.39 is 5.97 Å². The molecule has 0 fully saturated rings. The number of esters is 1. The van der Waals surface area contributed by atoms with Gasteiger partial charge in [-0.2, -0.15) is 0 Å². The summed E-state index contributed by atoms with van der Waals surface area (Å²) in [5, 5.41) is 0. The van der Waals surface area contributed by atoms with Gasteiger partial charge in [-0.25, -0.2) is 4.79 Å². The molecule has 0 aromatic heterocycles. The van der Waals surface area contributed by atoms with Gasteiger partial charge in [-0.1, -0.05) is 32.2 Å². The Hall–Kier alpha value is -1.31. The van der Waals surface area contributed by atoms with Gasteiger partial charge in [-0.05, 0) is 12.3 Å². The van der Waals surface area contributed by atoms with Crippen LogP contribution in [0.25, 0.3) is 0 Å². The second-order valence-electron chi connectivity index (χ2n) is 2.86. The summed E-state index contributed by atoms with van der Waals surface area (Å²) in [5.41, 5.74) is 0. The first-order valence-electron chi connectivity index (χ1n) is 4.22. The lowest BCUT2D eigenvalue weighted by molar-refractivity contribution is -0.141. The molecule has 0 spiro atoms. The van der Waals surface area contributed by atoms with Crippen molar-refractivity contribution in [3.05, 3.63) is 38.0 Å². The Morgan fingerprint density at radius 1 is 1.38 bits per heavy atom. The van der Waals surface area contributed by atoms with Crippen LogP contribution in [0.4, 0.5) is 0 Å². The Morgan fingerprint density at radius 2 is 2.00 bits per heavy atom. The van der Waals surface area contributed by atoms with E-state index in [9.17, 15) is 4.79 Å². The maximum atomic E-state index is 10.8. The van der Waals surface area contributed by atoms with Crippen molar-refractivity contribution >= 4 is 5.97 Å². The van der Waals surface area contributed by atoms with Crippen molar-refractivity contribution in [3.8, 4) is 0 Å². The predicted octanol–water partition coefficient (Wildman–Crippen LogP) is 2.48. The molecule has 0 bridgehead atoms. The number of ether oxygens (including phenoxy) is 1. The molecule has 0 saturated heterocycles. The molecule has 0 N–H and O–H groups in total.